The van der Waals surface area contributed by atoms with Gasteiger partial charge in [0.25, 0.3) is 0 Å². The van der Waals surface area contributed by atoms with E-state index in [0.717, 1.165) is 11.3 Å². The molecule has 0 aliphatic carbocycles. The third kappa shape index (κ3) is 5.22. The van der Waals surface area contributed by atoms with E-state index in [1.54, 1.807) is 23.6 Å². The molecule has 2 unspecified atom stereocenters. The minimum atomic E-state index is -3.13. The lowest BCUT2D eigenvalue weighted by Crippen LogP contribution is -2.41. The zero-order valence-electron chi connectivity index (χ0n) is 13.5. The smallest absolute Gasteiger partial charge is 0.234 e. The van der Waals surface area contributed by atoms with Gasteiger partial charge in [0, 0.05) is 17.6 Å². The number of sulfone groups is 1. The summed E-state index contributed by atoms with van der Waals surface area (Å²) in [5.74, 6) is -0.192. The van der Waals surface area contributed by atoms with Crippen molar-refractivity contribution < 1.29 is 13.2 Å². The van der Waals surface area contributed by atoms with E-state index in [0.29, 0.717) is 6.42 Å². The monoisotopic (exact) mass is 377 g/mol. The number of carbonyl (C=O) groups is 1. The average Bonchev–Trinajstić information content (AvgIpc) is 3.22. The third-order valence-electron chi connectivity index (χ3n) is 3.85. The zero-order chi connectivity index (χ0) is 17.7. The molecule has 0 saturated carbocycles. The molecule has 0 radical (unpaired) electrons. The van der Waals surface area contributed by atoms with Gasteiger partial charge < -0.3 is 10.6 Å². The Morgan fingerprint density at radius 3 is 2.88 bits per heavy atom. The number of nitrogens with zero attached hydrogens (tertiary/aromatic N) is 1. The van der Waals surface area contributed by atoms with E-state index in [4.69, 9.17) is 0 Å². The van der Waals surface area contributed by atoms with Crippen LogP contribution in [0, 0.1) is 0 Å². The van der Waals surface area contributed by atoms with Gasteiger partial charge in [-0.15, -0.1) is 0 Å². The summed E-state index contributed by atoms with van der Waals surface area (Å²) in [6.45, 7) is 0.0531. The Balaban J connectivity index is 1.59. The van der Waals surface area contributed by atoms with Crippen molar-refractivity contribution in [2.75, 3.05) is 12.3 Å². The normalized spacial score (nSPS) is 19.6. The first-order valence-corrected chi connectivity index (χ1v) is 10.5. The number of thiophene rings is 1. The van der Waals surface area contributed by atoms with Gasteiger partial charge in [0.15, 0.2) is 9.84 Å². The molecule has 0 aromatic carbocycles. The van der Waals surface area contributed by atoms with Gasteiger partial charge >= 0.3 is 0 Å². The van der Waals surface area contributed by atoms with Crippen molar-refractivity contribution in [3.8, 4) is 0 Å². The number of pyridine rings is 1. The molecular formula is C17H19N3O3S2. The van der Waals surface area contributed by atoms with Gasteiger partial charge in [0.05, 0.1) is 24.0 Å². The second-order valence-electron chi connectivity index (χ2n) is 5.86. The molecule has 2 atom stereocenters. The fourth-order valence-corrected chi connectivity index (χ4v) is 4.58. The lowest BCUT2D eigenvalue weighted by molar-refractivity contribution is -0.121. The number of nitrogens with one attached hydrogen (secondary N) is 2. The van der Waals surface area contributed by atoms with E-state index in [-0.39, 0.29) is 30.3 Å². The van der Waals surface area contributed by atoms with Crippen LogP contribution in [-0.4, -0.2) is 37.6 Å². The molecule has 2 aromatic heterocycles. The molecule has 0 spiro atoms. The van der Waals surface area contributed by atoms with Crippen LogP contribution in [0.25, 0.3) is 0 Å². The minimum absolute atomic E-state index is 0.00114. The Kier molecular flexibility index (Phi) is 5.62. The first-order chi connectivity index (χ1) is 12.0. The molecular weight excluding hydrogens is 358 g/mol. The molecule has 2 aromatic rings. The van der Waals surface area contributed by atoms with Gasteiger partial charge in [-0.05, 0) is 40.9 Å². The molecule has 3 heterocycles. The zero-order valence-corrected chi connectivity index (χ0v) is 15.1. The van der Waals surface area contributed by atoms with Crippen molar-refractivity contribution in [2.45, 2.75) is 18.5 Å². The van der Waals surface area contributed by atoms with Crippen LogP contribution in [0.15, 0.2) is 52.7 Å². The molecule has 0 saturated heterocycles. The Hall–Kier alpha value is -2.03. The van der Waals surface area contributed by atoms with Crippen molar-refractivity contribution in [1.82, 2.24) is 15.6 Å². The molecule has 0 bridgehead atoms. The highest BCUT2D eigenvalue weighted by molar-refractivity contribution is 7.94. The number of rotatable bonds is 7. The quantitative estimate of drug-likeness (QED) is 0.762. The fraction of sp³-hybridized carbons (Fsp3) is 0.294. The molecule has 6 nitrogen and oxygen atoms in total. The summed E-state index contributed by atoms with van der Waals surface area (Å²) in [6.07, 6.45) is 3.93. The van der Waals surface area contributed by atoms with Gasteiger partial charge in [-0.25, -0.2) is 8.42 Å². The maximum atomic E-state index is 12.3. The molecule has 3 rings (SSSR count). The van der Waals surface area contributed by atoms with Crippen LogP contribution in [-0.2, 0) is 21.1 Å². The lowest BCUT2D eigenvalue weighted by atomic mass is 10.1. The number of amides is 1. The molecule has 8 heteroatoms. The molecule has 0 fully saturated rings. The topological polar surface area (TPSA) is 88.2 Å². The van der Waals surface area contributed by atoms with E-state index in [2.05, 4.69) is 21.0 Å². The number of hydrogen-bond donors (Lipinski definition) is 2. The van der Waals surface area contributed by atoms with Gasteiger partial charge in [0.1, 0.15) is 0 Å². The Labute approximate surface area is 150 Å². The molecule has 1 aliphatic rings. The Morgan fingerprint density at radius 1 is 1.36 bits per heavy atom. The van der Waals surface area contributed by atoms with Gasteiger partial charge in [0.2, 0.25) is 5.91 Å². The predicted octanol–water partition coefficient (Wildman–Crippen LogP) is 1.44. The van der Waals surface area contributed by atoms with Crippen LogP contribution in [0.5, 0.6) is 0 Å². The Morgan fingerprint density at radius 2 is 2.24 bits per heavy atom. The molecule has 1 amide bonds. The first-order valence-electron chi connectivity index (χ1n) is 7.87. The van der Waals surface area contributed by atoms with E-state index in [1.165, 1.54) is 5.41 Å². The molecule has 1 aliphatic heterocycles. The van der Waals surface area contributed by atoms with E-state index in [9.17, 15) is 13.2 Å². The maximum absolute atomic E-state index is 12.3. The highest BCUT2D eigenvalue weighted by Crippen LogP contribution is 2.18. The average molecular weight is 377 g/mol. The largest absolute Gasteiger partial charge is 0.346 e. The summed E-state index contributed by atoms with van der Waals surface area (Å²) in [4.78, 5) is 16.6. The van der Waals surface area contributed by atoms with Crippen molar-refractivity contribution in [3.05, 3.63) is 64.0 Å². The standard InChI is InChI=1S/C17H19N3O3S2/c21-17(10-19-14-5-8-25(22,23)12-14)20-16(9-13-4-7-24-11-13)15-3-1-2-6-18-15/h1-8,11,14,16,19H,9-10,12H2,(H,20,21). The predicted molar refractivity (Wildman–Crippen MR) is 97.9 cm³/mol. The van der Waals surface area contributed by atoms with Gasteiger partial charge in [-0.3, -0.25) is 9.78 Å². The maximum Gasteiger partial charge on any atom is 0.234 e. The van der Waals surface area contributed by atoms with Crippen molar-refractivity contribution in [2.24, 2.45) is 0 Å². The summed E-state index contributed by atoms with van der Waals surface area (Å²) >= 11 is 1.61. The number of hydrogen-bond acceptors (Lipinski definition) is 6. The summed E-state index contributed by atoms with van der Waals surface area (Å²) in [7, 11) is -3.13. The van der Waals surface area contributed by atoms with E-state index >= 15 is 0 Å². The number of aromatic nitrogens is 1. The third-order valence-corrected chi connectivity index (χ3v) is 5.98. The Bertz CT molecular complexity index is 833. The summed E-state index contributed by atoms with van der Waals surface area (Å²) in [6, 6.07) is 7.09. The lowest BCUT2D eigenvalue weighted by Gasteiger charge is -2.19. The van der Waals surface area contributed by atoms with E-state index < -0.39 is 9.84 Å². The van der Waals surface area contributed by atoms with Crippen molar-refractivity contribution >= 4 is 27.1 Å². The van der Waals surface area contributed by atoms with Crippen LogP contribution in [0.3, 0.4) is 0 Å². The van der Waals surface area contributed by atoms with Crippen LogP contribution in [0.4, 0.5) is 0 Å². The summed E-state index contributed by atoms with van der Waals surface area (Å²) in [5.41, 5.74) is 1.93. The highest BCUT2D eigenvalue weighted by atomic mass is 32.2. The second-order valence-corrected chi connectivity index (χ2v) is 8.57. The molecule has 2 N–H and O–H groups in total. The second kappa shape index (κ2) is 7.90. The van der Waals surface area contributed by atoms with Crippen LogP contribution >= 0.6 is 11.3 Å². The van der Waals surface area contributed by atoms with Crippen molar-refractivity contribution in [3.63, 3.8) is 0 Å². The summed E-state index contributed by atoms with van der Waals surface area (Å²) in [5, 5.41) is 11.2. The van der Waals surface area contributed by atoms with Crippen LogP contribution in [0.2, 0.25) is 0 Å². The van der Waals surface area contributed by atoms with E-state index in [1.807, 2.05) is 29.6 Å². The highest BCUT2D eigenvalue weighted by Gasteiger charge is 2.22. The van der Waals surface area contributed by atoms with Crippen molar-refractivity contribution in [1.29, 1.82) is 0 Å². The van der Waals surface area contributed by atoms with Crippen LogP contribution in [0.1, 0.15) is 17.3 Å². The number of carbonyl (C=O) groups excluding carboxylic acids is 1. The minimum Gasteiger partial charge on any atom is -0.346 e. The first kappa shape index (κ1) is 17.8. The molecule has 25 heavy (non-hydrogen) atoms. The SMILES string of the molecule is O=C(CNC1C=CS(=O)(=O)C1)NC(Cc1ccsc1)c1ccccn1. The summed E-state index contributed by atoms with van der Waals surface area (Å²) < 4.78 is 22.8. The van der Waals surface area contributed by atoms with Gasteiger partial charge in [-0.2, -0.15) is 11.3 Å². The van der Waals surface area contributed by atoms with Crippen LogP contribution < -0.4 is 10.6 Å². The van der Waals surface area contributed by atoms with Gasteiger partial charge in [-0.1, -0.05) is 12.1 Å². The molecule has 132 valence electrons. The fourth-order valence-electron chi connectivity index (χ4n) is 2.63.